The van der Waals surface area contributed by atoms with E-state index in [1.54, 1.807) is 0 Å². The number of hydrogen-bond acceptors (Lipinski definition) is 4. The normalized spacial score (nSPS) is 18.2. The standard InChI is InChI=1S/C12H11FO4/c13-8-1-2-10-9(3-4-16-7-14)11(15)6-17-12(10)5-8/h1-2,5,7,9H,3-4,6H2. The van der Waals surface area contributed by atoms with Crippen molar-refractivity contribution in [3.8, 4) is 5.75 Å². The van der Waals surface area contributed by atoms with E-state index in [9.17, 15) is 14.0 Å². The first-order chi connectivity index (χ1) is 8.22. The first-order valence-electron chi connectivity index (χ1n) is 5.22. The van der Waals surface area contributed by atoms with E-state index in [1.165, 1.54) is 18.2 Å². The molecule has 1 unspecified atom stereocenters. The average Bonchev–Trinajstić information content (AvgIpc) is 2.32. The Hall–Kier alpha value is -1.91. The summed E-state index contributed by atoms with van der Waals surface area (Å²) in [5, 5.41) is 0. The molecule has 1 aromatic rings. The maximum absolute atomic E-state index is 13.0. The lowest BCUT2D eigenvalue weighted by Crippen LogP contribution is -2.27. The zero-order valence-corrected chi connectivity index (χ0v) is 9.02. The molecule has 0 saturated carbocycles. The van der Waals surface area contributed by atoms with Gasteiger partial charge in [0.05, 0.1) is 12.5 Å². The van der Waals surface area contributed by atoms with E-state index in [0.717, 1.165) is 0 Å². The van der Waals surface area contributed by atoms with Crippen LogP contribution in [0.1, 0.15) is 17.9 Å². The van der Waals surface area contributed by atoms with Gasteiger partial charge in [0.2, 0.25) is 0 Å². The molecule has 1 heterocycles. The SMILES string of the molecule is O=COCCC1C(=O)COc2cc(F)ccc21. The Bertz CT molecular complexity index is 444. The zero-order chi connectivity index (χ0) is 12.3. The van der Waals surface area contributed by atoms with E-state index in [4.69, 9.17) is 4.74 Å². The highest BCUT2D eigenvalue weighted by Crippen LogP contribution is 2.34. The molecule has 0 radical (unpaired) electrons. The van der Waals surface area contributed by atoms with Crippen LogP contribution in [0.15, 0.2) is 18.2 Å². The molecule has 0 N–H and O–H groups in total. The molecule has 0 fully saturated rings. The van der Waals surface area contributed by atoms with Crippen molar-refractivity contribution >= 4 is 12.3 Å². The van der Waals surface area contributed by atoms with Gasteiger partial charge in [0.15, 0.2) is 5.78 Å². The van der Waals surface area contributed by atoms with Crippen molar-refractivity contribution in [2.45, 2.75) is 12.3 Å². The third-order valence-corrected chi connectivity index (χ3v) is 2.70. The summed E-state index contributed by atoms with van der Waals surface area (Å²) in [6, 6.07) is 4.08. The number of Topliss-reactive ketones (excluding diaryl/α,β-unsaturated/α-hetero) is 1. The number of ether oxygens (including phenoxy) is 2. The van der Waals surface area contributed by atoms with Crippen LogP contribution < -0.4 is 4.74 Å². The molecule has 1 aliphatic rings. The smallest absolute Gasteiger partial charge is 0.293 e. The van der Waals surface area contributed by atoms with Crippen molar-refractivity contribution in [2.24, 2.45) is 0 Å². The van der Waals surface area contributed by atoms with Crippen LogP contribution in [0.25, 0.3) is 0 Å². The van der Waals surface area contributed by atoms with Crippen LogP contribution in [0.4, 0.5) is 4.39 Å². The van der Waals surface area contributed by atoms with Gasteiger partial charge < -0.3 is 9.47 Å². The predicted octanol–water partition coefficient (Wildman–Crippen LogP) is 1.43. The van der Waals surface area contributed by atoms with E-state index in [0.29, 0.717) is 24.2 Å². The largest absolute Gasteiger partial charge is 0.485 e. The molecule has 0 bridgehead atoms. The van der Waals surface area contributed by atoms with Crippen molar-refractivity contribution in [2.75, 3.05) is 13.2 Å². The molecule has 0 aromatic heterocycles. The van der Waals surface area contributed by atoms with Crippen molar-refractivity contribution in [3.05, 3.63) is 29.6 Å². The van der Waals surface area contributed by atoms with Crippen LogP contribution in [0, 0.1) is 5.82 Å². The monoisotopic (exact) mass is 238 g/mol. The van der Waals surface area contributed by atoms with E-state index in [2.05, 4.69) is 4.74 Å². The number of halogens is 1. The summed E-state index contributed by atoms with van der Waals surface area (Å²) in [6.45, 7) is 0.439. The Morgan fingerprint density at radius 2 is 2.35 bits per heavy atom. The molecule has 0 aliphatic carbocycles. The fourth-order valence-electron chi connectivity index (χ4n) is 1.89. The maximum Gasteiger partial charge on any atom is 0.293 e. The summed E-state index contributed by atoms with van der Waals surface area (Å²) in [6.07, 6.45) is 0.388. The highest BCUT2D eigenvalue weighted by molar-refractivity contribution is 5.89. The van der Waals surface area contributed by atoms with Gasteiger partial charge in [-0.15, -0.1) is 0 Å². The Kier molecular flexibility index (Phi) is 3.37. The quantitative estimate of drug-likeness (QED) is 0.588. The molecule has 5 heteroatoms. The van der Waals surface area contributed by atoms with E-state index in [1.807, 2.05) is 0 Å². The Balaban J connectivity index is 2.20. The second kappa shape index (κ2) is 4.95. The molecule has 2 rings (SSSR count). The molecular weight excluding hydrogens is 227 g/mol. The number of fused-ring (bicyclic) bond motifs is 1. The summed E-state index contributed by atoms with van der Waals surface area (Å²) in [5.41, 5.74) is 0.650. The van der Waals surface area contributed by atoms with Gasteiger partial charge in [-0.2, -0.15) is 0 Å². The average molecular weight is 238 g/mol. The third-order valence-electron chi connectivity index (χ3n) is 2.70. The Labute approximate surface area is 97.3 Å². The van der Waals surface area contributed by atoms with Gasteiger partial charge in [0.1, 0.15) is 18.2 Å². The number of carbonyl (C=O) groups excluding carboxylic acids is 2. The van der Waals surface area contributed by atoms with Crippen LogP contribution in [0.5, 0.6) is 5.75 Å². The summed E-state index contributed by atoms with van der Waals surface area (Å²) in [4.78, 5) is 21.7. The van der Waals surface area contributed by atoms with Gasteiger partial charge in [0.25, 0.3) is 6.47 Å². The van der Waals surface area contributed by atoms with E-state index in [-0.39, 0.29) is 24.9 Å². The summed E-state index contributed by atoms with van der Waals surface area (Å²) >= 11 is 0. The summed E-state index contributed by atoms with van der Waals surface area (Å²) in [5.74, 6) is -0.486. The van der Waals surface area contributed by atoms with Crippen molar-refractivity contribution < 1.29 is 23.5 Å². The molecule has 4 nitrogen and oxygen atoms in total. The summed E-state index contributed by atoms with van der Waals surface area (Å²) in [7, 11) is 0. The van der Waals surface area contributed by atoms with E-state index < -0.39 is 5.82 Å². The van der Waals surface area contributed by atoms with Crippen LogP contribution in [-0.4, -0.2) is 25.5 Å². The van der Waals surface area contributed by atoms with Gasteiger partial charge in [-0.05, 0) is 12.5 Å². The molecule has 1 aromatic carbocycles. The molecule has 17 heavy (non-hydrogen) atoms. The van der Waals surface area contributed by atoms with Crippen LogP contribution >= 0.6 is 0 Å². The van der Waals surface area contributed by atoms with E-state index >= 15 is 0 Å². The number of benzene rings is 1. The topological polar surface area (TPSA) is 52.6 Å². The van der Waals surface area contributed by atoms with Crippen LogP contribution in [-0.2, 0) is 14.3 Å². The molecular formula is C12H11FO4. The predicted molar refractivity (Wildman–Crippen MR) is 56.3 cm³/mol. The number of rotatable bonds is 4. The third kappa shape index (κ3) is 2.43. The minimum absolute atomic E-state index is 0.0673. The van der Waals surface area contributed by atoms with Gasteiger partial charge >= 0.3 is 0 Å². The first kappa shape index (κ1) is 11.6. The minimum atomic E-state index is -0.402. The molecule has 90 valence electrons. The van der Waals surface area contributed by atoms with Crippen LogP contribution in [0.3, 0.4) is 0 Å². The molecule has 0 amide bonds. The number of ketones is 1. The van der Waals surface area contributed by atoms with Crippen molar-refractivity contribution in [3.63, 3.8) is 0 Å². The number of hydrogen-bond donors (Lipinski definition) is 0. The summed E-state index contributed by atoms with van der Waals surface area (Å²) < 4.78 is 22.7. The lowest BCUT2D eigenvalue weighted by atomic mass is 9.89. The van der Waals surface area contributed by atoms with Crippen molar-refractivity contribution in [1.29, 1.82) is 0 Å². The Morgan fingerprint density at radius 3 is 3.12 bits per heavy atom. The second-order valence-corrected chi connectivity index (χ2v) is 3.75. The molecule has 0 saturated heterocycles. The lowest BCUT2D eigenvalue weighted by molar-refractivity contribution is -0.130. The number of carbonyl (C=O) groups is 2. The zero-order valence-electron chi connectivity index (χ0n) is 9.02. The maximum atomic E-state index is 13.0. The molecule has 1 aliphatic heterocycles. The minimum Gasteiger partial charge on any atom is -0.485 e. The highest BCUT2D eigenvalue weighted by atomic mass is 19.1. The highest BCUT2D eigenvalue weighted by Gasteiger charge is 2.29. The van der Waals surface area contributed by atoms with Gasteiger partial charge in [0, 0.05) is 11.6 Å². The molecule has 0 spiro atoms. The first-order valence-corrected chi connectivity index (χ1v) is 5.22. The van der Waals surface area contributed by atoms with Gasteiger partial charge in [-0.25, -0.2) is 4.39 Å². The van der Waals surface area contributed by atoms with Gasteiger partial charge in [-0.1, -0.05) is 6.07 Å². The molecule has 1 atom stereocenters. The fraction of sp³-hybridized carbons (Fsp3) is 0.333. The lowest BCUT2D eigenvalue weighted by Gasteiger charge is -2.24. The second-order valence-electron chi connectivity index (χ2n) is 3.75. The van der Waals surface area contributed by atoms with Gasteiger partial charge in [-0.3, -0.25) is 9.59 Å². The fourth-order valence-corrected chi connectivity index (χ4v) is 1.89. The van der Waals surface area contributed by atoms with Crippen LogP contribution in [0.2, 0.25) is 0 Å². The Morgan fingerprint density at radius 1 is 1.53 bits per heavy atom. The van der Waals surface area contributed by atoms with Crippen molar-refractivity contribution in [1.82, 2.24) is 0 Å².